The first-order valence-corrected chi connectivity index (χ1v) is 20.8. The predicted molar refractivity (Wildman–Crippen MR) is 202 cm³/mol. The summed E-state index contributed by atoms with van der Waals surface area (Å²) in [5.74, 6) is 1.29. The monoisotopic (exact) mass is 684 g/mol. The minimum Gasteiger partial charge on any atom is -0.543 e. The van der Waals surface area contributed by atoms with Crippen LogP contribution in [-0.2, 0) is 11.2 Å². The number of nitrogens with two attached hydrogens (primary N) is 2. The van der Waals surface area contributed by atoms with Gasteiger partial charge in [-0.05, 0) is 99.5 Å². The zero-order valence-electron chi connectivity index (χ0n) is 30.9. The van der Waals surface area contributed by atoms with Crippen molar-refractivity contribution in [2.75, 3.05) is 11.9 Å². The Kier molecular flexibility index (Phi) is 9.25. The first-order chi connectivity index (χ1) is 23.0. The lowest BCUT2D eigenvalue weighted by Crippen LogP contribution is -2.51. The molecule has 3 atom stereocenters. The molecule has 11 heteroatoms. The molecule has 4 heterocycles. The van der Waals surface area contributed by atoms with Crippen LogP contribution in [0.2, 0.25) is 18.1 Å². The molecule has 6 rings (SSSR count). The molecule has 2 aliphatic rings. The quantitative estimate of drug-likeness (QED) is 0.0921. The number of anilines is 1. The van der Waals surface area contributed by atoms with Crippen molar-refractivity contribution in [2.45, 2.75) is 123 Å². The molecule has 0 radical (unpaired) electrons. The summed E-state index contributed by atoms with van der Waals surface area (Å²) in [6.45, 7) is 20.8. The normalized spacial score (nSPS) is 23.3. The third-order valence-electron chi connectivity index (χ3n) is 11.8. The summed E-state index contributed by atoms with van der Waals surface area (Å²) in [6, 6.07) is 10.5. The fourth-order valence-electron chi connectivity index (χ4n) is 6.84. The maximum absolute atomic E-state index is 6.94. The van der Waals surface area contributed by atoms with Gasteiger partial charge in [0.25, 0.3) is 0 Å². The van der Waals surface area contributed by atoms with E-state index in [-0.39, 0.29) is 28.3 Å². The Morgan fingerprint density at radius 2 is 1.90 bits per heavy atom. The van der Waals surface area contributed by atoms with Crippen LogP contribution in [0.15, 0.2) is 53.9 Å². The van der Waals surface area contributed by atoms with Crippen LogP contribution in [0.25, 0.3) is 16.8 Å². The van der Waals surface area contributed by atoms with E-state index in [1.54, 1.807) is 0 Å². The van der Waals surface area contributed by atoms with Crippen molar-refractivity contribution in [2.24, 2.45) is 21.9 Å². The highest BCUT2D eigenvalue weighted by atomic mass is 28.4. The van der Waals surface area contributed by atoms with Gasteiger partial charge in [-0.15, -0.1) is 0 Å². The number of amidine groups is 1. The molecule has 1 saturated heterocycles. The maximum Gasteiger partial charge on any atom is 0.250 e. The van der Waals surface area contributed by atoms with Gasteiger partial charge in [0.15, 0.2) is 6.23 Å². The number of nitrogens with one attached hydrogen (secondary N) is 1. The second kappa shape index (κ2) is 12.9. The number of ether oxygens (including phenoxy) is 1. The van der Waals surface area contributed by atoms with Gasteiger partial charge in [0.2, 0.25) is 8.32 Å². The van der Waals surface area contributed by atoms with Crippen LogP contribution in [0.4, 0.5) is 11.4 Å². The minimum atomic E-state index is -1.99. The summed E-state index contributed by atoms with van der Waals surface area (Å²) in [5.41, 5.74) is 19.8. The van der Waals surface area contributed by atoms with E-state index in [0.29, 0.717) is 5.84 Å². The van der Waals surface area contributed by atoms with Gasteiger partial charge < -0.3 is 25.9 Å². The van der Waals surface area contributed by atoms with E-state index in [1.807, 2.05) is 39.8 Å². The molecule has 4 aromatic rings. The Labute approximate surface area is 292 Å². The van der Waals surface area contributed by atoms with Crippen molar-refractivity contribution in [3.63, 3.8) is 0 Å². The molecular formula is C38H56N8O2Si. The van der Waals surface area contributed by atoms with Gasteiger partial charge in [0.1, 0.15) is 11.6 Å². The van der Waals surface area contributed by atoms with Crippen LogP contribution < -0.4 is 21.2 Å². The smallest absolute Gasteiger partial charge is 0.250 e. The molecule has 3 aromatic heterocycles. The van der Waals surface area contributed by atoms with E-state index in [2.05, 4.69) is 90.3 Å². The number of aliphatic imine (C=N–C) groups is 1. The number of nitrogens with zero attached hydrogens (tertiary/aromatic N) is 5. The summed E-state index contributed by atoms with van der Waals surface area (Å²) in [6.07, 6.45) is 11.5. The van der Waals surface area contributed by atoms with Crippen LogP contribution in [0.1, 0.15) is 97.9 Å². The molecule has 49 heavy (non-hydrogen) atoms. The summed E-state index contributed by atoms with van der Waals surface area (Å²) < 4.78 is 16.6. The number of hydrogen-bond donors (Lipinski definition) is 3. The minimum absolute atomic E-state index is 0.0707. The fraction of sp³-hybridized carbons (Fsp3) is 0.553. The lowest BCUT2D eigenvalue weighted by atomic mass is 9.75. The van der Waals surface area contributed by atoms with Gasteiger partial charge in [-0.3, -0.25) is 0 Å². The molecule has 1 saturated carbocycles. The molecule has 1 aromatic carbocycles. The van der Waals surface area contributed by atoms with Gasteiger partial charge in [0.05, 0.1) is 34.3 Å². The first-order valence-electron chi connectivity index (χ1n) is 17.9. The van der Waals surface area contributed by atoms with E-state index in [1.165, 1.54) is 0 Å². The number of rotatable bonds is 9. The molecule has 1 aliphatic heterocycles. The van der Waals surface area contributed by atoms with Crippen LogP contribution in [0.3, 0.4) is 0 Å². The molecule has 1 aliphatic carbocycles. The number of aryl methyl sites for hydroxylation is 1. The summed E-state index contributed by atoms with van der Waals surface area (Å²) >= 11 is 0. The van der Waals surface area contributed by atoms with E-state index in [4.69, 9.17) is 30.7 Å². The highest BCUT2D eigenvalue weighted by Crippen LogP contribution is 2.46. The zero-order valence-corrected chi connectivity index (χ0v) is 31.9. The lowest BCUT2D eigenvalue weighted by molar-refractivity contribution is -0.0383. The highest BCUT2D eigenvalue weighted by molar-refractivity contribution is 6.74. The van der Waals surface area contributed by atoms with E-state index in [9.17, 15) is 0 Å². The van der Waals surface area contributed by atoms with Crippen molar-refractivity contribution in [3.05, 3.63) is 60.0 Å². The Morgan fingerprint density at radius 3 is 2.55 bits per heavy atom. The van der Waals surface area contributed by atoms with E-state index >= 15 is 0 Å². The third kappa shape index (κ3) is 6.64. The molecule has 264 valence electrons. The molecule has 0 amide bonds. The van der Waals surface area contributed by atoms with Crippen LogP contribution in [0, 0.1) is 5.41 Å². The van der Waals surface area contributed by atoms with Crippen molar-refractivity contribution in [1.82, 2.24) is 19.4 Å². The Balaban J connectivity index is 1.42. The summed E-state index contributed by atoms with van der Waals surface area (Å²) in [5, 5.41) is 13.5. The number of benzene rings is 1. The topological polar surface area (TPSA) is 130 Å². The van der Waals surface area contributed by atoms with E-state index < -0.39 is 8.32 Å². The molecule has 1 unspecified atom stereocenters. The number of fused-ring (bicyclic) bond motifs is 1. The third-order valence-corrected chi connectivity index (χ3v) is 16.1. The van der Waals surface area contributed by atoms with Gasteiger partial charge in [-0.25, -0.2) is 14.2 Å². The summed E-state index contributed by atoms with van der Waals surface area (Å²) in [7, 11) is -1.99. The molecule has 10 nitrogen and oxygen atoms in total. The van der Waals surface area contributed by atoms with Crippen LogP contribution in [-0.4, -0.2) is 51.7 Å². The van der Waals surface area contributed by atoms with Crippen molar-refractivity contribution in [3.8, 4) is 17.0 Å². The Hall–Kier alpha value is -3.67. The zero-order chi connectivity index (χ0) is 35.4. The molecule has 2 fully saturated rings. The average molecular weight is 685 g/mol. The van der Waals surface area contributed by atoms with Gasteiger partial charge >= 0.3 is 0 Å². The second-order valence-corrected chi connectivity index (χ2v) is 21.1. The van der Waals surface area contributed by atoms with Crippen molar-refractivity contribution in [1.29, 1.82) is 0 Å². The molecule has 0 bridgehead atoms. The lowest BCUT2D eigenvalue weighted by Gasteiger charge is -2.39. The maximum atomic E-state index is 6.94. The summed E-state index contributed by atoms with van der Waals surface area (Å²) in [4.78, 5) is 5.03. The molecule has 5 N–H and O–H groups in total. The Morgan fingerprint density at radius 1 is 1.12 bits per heavy atom. The highest BCUT2D eigenvalue weighted by Gasteiger charge is 2.49. The first kappa shape index (κ1) is 35.2. The molecule has 0 spiro atoms. The van der Waals surface area contributed by atoms with Crippen molar-refractivity contribution >= 4 is 31.0 Å². The predicted octanol–water partition coefficient (Wildman–Crippen LogP) is 8.20. The van der Waals surface area contributed by atoms with Gasteiger partial charge in [0, 0.05) is 41.6 Å². The van der Waals surface area contributed by atoms with Crippen LogP contribution >= 0.6 is 0 Å². The van der Waals surface area contributed by atoms with Gasteiger partial charge in [-0.2, -0.15) is 10.2 Å². The van der Waals surface area contributed by atoms with Crippen molar-refractivity contribution < 1.29 is 9.16 Å². The number of hydrogen-bond acceptors (Lipinski definition) is 7. The fourth-order valence-corrected chi connectivity index (χ4v) is 7.86. The van der Waals surface area contributed by atoms with Gasteiger partial charge in [-0.1, -0.05) is 41.5 Å². The second-order valence-electron chi connectivity index (χ2n) is 16.4. The standard InChI is InChI=1S/C38H56N8O2Si/c1-10-25-21-27(48-49(8,9)36(2,3)4)14-15-29(25)43-35(39)28-23-42-45-24-26(30-17-19-41-46(30)33-13-11-12-20-47-33)22-31(45)34(28)44-32-16-18-38(7,40)37(32,5)6/h14-15,17,19,21-24,32-33,44H,10-13,16,18,20,40H2,1-9H3,(H2,39,43)/t32-,33?,38+/m1/s1. The molecular weight excluding hydrogens is 629 g/mol. The largest absolute Gasteiger partial charge is 0.543 e. The van der Waals surface area contributed by atoms with E-state index in [0.717, 1.165) is 90.2 Å². The Bertz CT molecular complexity index is 1840. The number of aromatic nitrogens is 4. The average Bonchev–Trinajstić information content (AvgIpc) is 3.75. The SMILES string of the molecule is CCc1cc(O[Si](C)(C)C(C)(C)C)ccc1N=C(N)c1cnn2cc(-c3ccnn3C3CCCCO3)cc2c1N[C@@H]1CC[C@](C)(N)C1(C)C. The van der Waals surface area contributed by atoms with Crippen LogP contribution in [0.5, 0.6) is 5.75 Å².